The van der Waals surface area contributed by atoms with Gasteiger partial charge in [0.15, 0.2) is 11.5 Å². The molecule has 3 aromatic rings. The number of benzene rings is 3. The highest BCUT2D eigenvalue weighted by molar-refractivity contribution is 6.03. The van der Waals surface area contributed by atoms with E-state index in [-0.39, 0.29) is 69.0 Å². The van der Waals surface area contributed by atoms with Crippen LogP contribution in [0.5, 0.6) is 23.0 Å². The third-order valence-corrected chi connectivity index (χ3v) is 11.8. The number of aromatic hydroxyl groups is 1. The Hall–Kier alpha value is -5.35. The molecule has 312 valence electrons. The van der Waals surface area contributed by atoms with Crippen LogP contribution < -0.4 is 14.2 Å². The average Bonchev–Trinajstić information content (AvgIpc) is 3.70. The van der Waals surface area contributed by atoms with Crippen LogP contribution in [0.15, 0.2) is 90.1 Å². The van der Waals surface area contributed by atoms with Crippen LogP contribution >= 0.6 is 0 Å². The Morgan fingerprint density at radius 2 is 1.73 bits per heavy atom. The summed E-state index contributed by atoms with van der Waals surface area (Å²) in [6, 6.07) is 18.7. The van der Waals surface area contributed by atoms with Crippen LogP contribution in [-0.4, -0.2) is 75.9 Å². The lowest BCUT2D eigenvalue weighted by Crippen LogP contribution is -2.70. The average molecular weight is 806 g/mol. The highest BCUT2D eigenvalue weighted by Crippen LogP contribution is 2.62. The predicted octanol–water partition coefficient (Wildman–Crippen LogP) is 7.77. The summed E-state index contributed by atoms with van der Waals surface area (Å²) in [5.41, 5.74) is 3.34. The molecule has 0 radical (unpaired) electrons. The van der Waals surface area contributed by atoms with Crippen LogP contribution in [0.1, 0.15) is 98.7 Å². The molecule has 12 nitrogen and oxygen atoms in total. The molecule has 1 fully saturated rings. The number of hydrogen-bond donors (Lipinski definition) is 3. The minimum Gasteiger partial charge on any atom is -0.508 e. The number of nitrogens with zero attached hydrogens (tertiary/aromatic N) is 3. The molecule has 2 heterocycles. The van der Waals surface area contributed by atoms with Crippen molar-refractivity contribution in [2.75, 3.05) is 26.6 Å². The number of unbranched alkanes of at least 4 members (excludes halogenated alkanes) is 2. The molecule has 59 heavy (non-hydrogen) atoms. The minimum atomic E-state index is -1.50. The van der Waals surface area contributed by atoms with Crippen LogP contribution in [-0.2, 0) is 16.1 Å². The Morgan fingerprint density at radius 1 is 1.00 bits per heavy atom. The third-order valence-electron chi connectivity index (χ3n) is 11.8. The van der Waals surface area contributed by atoms with Gasteiger partial charge in [-0.15, -0.1) is 6.58 Å². The smallest absolute Gasteiger partial charge is 0.254 e. The zero-order valence-corrected chi connectivity index (χ0v) is 34.1. The summed E-state index contributed by atoms with van der Waals surface area (Å²) >= 11 is 0. The van der Waals surface area contributed by atoms with Gasteiger partial charge in [0, 0.05) is 43.2 Å². The number of aliphatic hydroxyl groups is 2. The SMILES string of the molecule is C=CCOC12Oc3ccc(O)cc3C3C(CCCCO)C(CCCCO)C=C(C(=NOC(C)(C)C)CC1N(Cc1ccc4c(c1)OCO4)C(=O)c1ccc(C#N)cc1)C32. The van der Waals surface area contributed by atoms with Crippen molar-refractivity contribution in [2.45, 2.75) is 95.6 Å². The number of ether oxygens (including phenoxy) is 4. The molecule has 0 aromatic heterocycles. The number of hydrogen-bond acceptors (Lipinski definition) is 11. The van der Waals surface area contributed by atoms with Gasteiger partial charge < -0.3 is 44.0 Å². The second-order valence-electron chi connectivity index (χ2n) is 16.8. The fourth-order valence-corrected chi connectivity index (χ4v) is 9.26. The van der Waals surface area contributed by atoms with Gasteiger partial charge in [0.05, 0.1) is 29.9 Å². The van der Waals surface area contributed by atoms with Gasteiger partial charge in [-0.1, -0.05) is 36.2 Å². The summed E-state index contributed by atoms with van der Waals surface area (Å²) in [5.74, 6) is -0.746. The molecule has 1 amide bonds. The highest BCUT2D eigenvalue weighted by atomic mass is 16.7. The number of allylic oxidation sites excluding steroid dienone is 1. The number of rotatable bonds is 16. The van der Waals surface area contributed by atoms with Crippen LogP contribution in [0, 0.1) is 29.1 Å². The number of phenols is 1. The summed E-state index contributed by atoms with van der Waals surface area (Å²) in [7, 11) is 0. The van der Waals surface area contributed by atoms with Crippen LogP contribution in [0.4, 0.5) is 0 Å². The first-order valence-corrected chi connectivity index (χ1v) is 20.7. The Morgan fingerprint density at radius 3 is 2.44 bits per heavy atom. The van der Waals surface area contributed by atoms with E-state index in [4.69, 9.17) is 28.9 Å². The first kappa shape index (κ1) is 41.8. The fraction of sp³-hybridized carbons (Fsp3) is 0.468. The number of aliphatic hydroxyl groups excluding tert-OH is 2. The van der Waals surface area contributed by atoms with E-state index in [0.717, 1.165) is 42.4 Å². The Labute approximate surface area is 346 Å². The van der Waals surface area contributed by atoms with Gasteiger partial charge in [-0.05, 0) is 124 Å². The first-order chi connectivity index (χ1) is 28.5. The lowest BCUT2D eigenvalue weighted by Gasteiger charge is -2.60. The summed E-state index contributed by atoms with van der Waals surface area (Å²) in [5, 5.41) is 45.3. The van der Waals surface area contributed by atoms with Crippen molar-refractivity contribution < 1.29 is 43.9 Å². The van der Waals surface area contributed by atoms with Gasteiger partial charge in [0.1, 0.15) is 23.1 Å². The van der Waals surface area contributed by atoms with E-state index in [1.54, 1.807) is 53.4 Å². The van der Waals surface area contributed by atoms with Crippen LogP contribution in [0.3, 0.4) is 0 Å². The molecule has 1 saturated carbocycles. The predicted molar refractivity (Wildman–Crippen MR) is 221 cm³/mol. The van der Waals surface area contributed by atoms with Gasteiger partial charge in [0.2, 0.25) is 12.6 Å². The van der Waals surface area contributed by atoms with Gasteiger partial charge >= 0.3 is 0 Å². The van der Waals surface area contributed by atoms with E-state index in [0.29, 0.717) is 46.9 Å². The number of nitriles is 1. The number of carbonyl (C=O) groups is 1. The molecule has 7 rings (SSSR count). The van der Waals surface area contributed by atoms with Gasteiger partial charge in [0.25, 0.3) is 5.91 Å². The van der Waals surface area contributed by atoms with Crippen molar-refractivity contribution in [3.63, 3.8) is 0 Å². The van der Waals surface area contributed by atoms with Crippen LogP contribution in [0.2, 0.25) is 0 Å². The number of phenolic OH excluding ortho intramolecular Hbond substituents is 1. The molecule has 2 aliphatic heterocycles. The van der Waals surface area contributed by atoms with E-state index in [2.05, 4.69) is 18.7 Å². The maximum absolute atomic E-state index is 15.3. The number of carbonyl (C=O) groups excluding carboxylic acids is 1. The van der Waals surface area contributed by atoms with E-state index < -0.39 is 23.3 Å². The fourth-order valence-electron chi connectivity index (χ4n) is 9.26. The molecule has 3 N–H and O–H groups in total. The Bertz CT molecular complexity index is 2100. The molecule has 0 saturated heterocycles. The molecular formula is C47H55N3O9. The monoisotopic (exact) mass is 805 g/mol. The van der Waals surface area contributed by atoms with Crippen molar-refractivity contribution in [3.05, 3.63) is 107 Å². The molecule has 0 spiro atoms. The highest BCUT2D eigenvalue weighted by Gasteiger charge is 2.65. The summed E-state index contributed by atoms with van der Waals surface area (Å²) < 4.78 is 25.7. The van der Waals surface area contributed by atoms with Gasteiger partial charge in [-0.3, -0.25) is 4.79 Å². The van der Waals surface area contributed by atoms with Gasteiger partial charge in [-0.2, -0.15) is 5.26 Å². The van der Waals surface area contributed by atoms with E-state index >= 15 is 4.79 Å². The third kappa shape index (κ3) is 8.69. The van der Waals surface area contributed by atoms with Crippen molar-refractivity contribution in [1.29, 1.82) is 5.26 Å². The number of fused-ring (bicyclic) bond motifs is 3. The van der Waals surface area contributed by atoms with Crippen molar-refractivity contribution in [3.8, 4) is 29.1 Å². The summed E-state index contributed by atoms with van der Waals surface area (Å²) in [6.07, 6.45) is 8.59. The second kappa shape index (κ2) is 17.9. The molecule has 4 aliphatic rings. The second-order valence-corrected chi connectivity index (χ2v) is 16.8. The van der Waals surface area contributed by atoms with E-state index in [9.17, 15) is 20.6 Å². The molecule has 0 bridgehead atoms. The van der Waals surface area contributed by atoms with Crippen LogP contribution in [0.25, 0.3) is 0 Å². The first-order valence-electron chi connectivity index (χ1n) is 20.7. The quantitative estimate of drug-likeness (QED) is 0.0741. The molecular weight excluding hydrogens is 751 g/mol. The van der Waals surface area contributed by atoms with E-state index in [1.165, 1.54) is 0 Å². The lowest BCUT2D eigenvalue weighted by atomic mass is 9.55. The minimum absolute atomic E-state index is 0.00483. The summed E-state index contributed by atoms with van der Waals surface area (Å²) in [4.78, 5) is 23.3. The maximum atomic E-state index is 15.3. The maximum Gasteiger partial charge on any atom is 0.254 e. The normalized spacial score (nSPS) is 24.6. The Balaban J connectivity index is 1.48. The largest absolute Gasteiger partial charge is 0.508 e. The van der Waals surface area contributed by atoms with Crippen molar-refractivity contribution >= 4 is 11.6 Å². The molecule has 6 unspecified atom stereocenters. The Kier molecular flexibility index (Phi) is 12.7. The van der Waals surface area contributed by atoms with Crippen molar-refractivity contribution in [2.24, 2.45) is 22.9 Å². The van der Waals surface area contributed by atoms with E-state index in [1.807, 2.05) is 39.0 Å². The standard InChI is InChI=1S/C47H55N3O9/c1-5-22-57-47-42(50(45(54)32-15-12-30(27-48)13-16-32)28-31-14-18-40-41(23-31)56-29-55-40)26-38(49-59-46(2,3)4)36-24-33(10-6-8-20-51)35(11-7-9-21-52)43(44(36)47)37-25-34(53)17-19-39(37)58-47/h5,12-19,23-25,33,35,42-44,51-53H,1,6-11,20-22,26,28-29H2,2-4H3. The van der Waals surface area contributed by atoms with Crippen molar-refractivity contribution in [1.82, 2.24) is 4.90 Å². The zero-order valence-electron chi connectivity index (χ0n) is 34.1. The lowest BCUT2D eigenvalue weighted by molar-refractivity contribution is -0.255. The zero-order chi connectivity index (χ0) is 41.7. The molecule has 3 aromatic carbocycles. The summed E-state index contributed by atoms with van der Waals surface area (Å²) in [6.45, 7) is 10.3. The number of oxime groups is 1. The molecule has 12 heteroatoms. The molecule has 6 atom stereocenters. The topological polar surface area (TPSA) is 163 Å². The van der Waals surface area contributed by atoms with Gasteiger partial charge in [-0.25, -0.2) is 0 Å². The molecule has 2 aliphatic carbocycles. The number of amides is 1.